The number of methoxy groups -OCH3 is 1. The quantitative estimate of drug-likeness (QED) is 0.699. The summed E-state index contributed by atoms with van der Waals surface area (Å²) in [6, 6.07) is 10.7. The lowest BCUT2D eigenvalue weighted by Gasteiger charge is -2.20. The number of carbonyl (C=O) groups is 1. The number of hydrogen-bond acceptors (Lipinski definition) is 5. The summed E-state index contributed by atoms with van der Waals surface area (Å²) in [6.45, 7) is -0.438. The summed E-state index contributed by atoms with van der Waals surface area (Å²) < 4.78 is 37.5. The minimum Gasteiger partial charge on any atom is -0.497 e. The summed E-state index contributed by atoms with van der Waals surface area (Å²) in [5.74, 6) is -2.20. The zero-order valence-corrected chi connectivity index (χ0v) is 14.0. The first-order valence-electron chi connectivity index (χ1n) is 7.76. The second-order valence-corrected chi connectivity index (χ2v) is 5.46. The highest BCUT2D eigenvalue weighted by Crippen LogP contribution is 2.27. The standard InChI is InChI=1S/C18H19F2NO5/c1-25-12-7-13(19)16(14(20)8-12)17(23)15(22)9-21-18(24)26-10-11-5-3-2-4-6-11/h2-8,15,17,22-23H,9-10H2,1H3,(H,21,24). The van der Waals surface area contributed by atoms with Crippen molar-refractivity contribution in [3.8, 4) is 5.75 Å². The Labute approximate surface area is 149 Å². The fourth-order valence-corrected chi connectivity index (χ4v) is 2.23. The summed E-state index contributed by atoms with van der Waals surface area (Å²) >= 11 is 0. The number of aliphatic hydroxyl groups excluding tert-OH is 2. The molecule has 2 aromatic rings. The van der Waals surface area contributed by atoms with Gasteiger partial charge < -0.3 is 25.0 Å². The molecule has 8 heteroatoms. The third-order valence-electron chi connectivity index (χ3n) is 3.62. The lowest BCUT2D eigenvalue weighted by molar-refractivity contribution is 0.0142. The average molecular weight is 367 g/mol. The minimum absolute atomic E-state index is 0.0209. The zero-order chi connectivity index (χ0) is 19.1. The van der Waals surface area contributed by atoms with Crippen LogP contribution in [0.5, 0.6) is 5.75 Å². The van der Waals surface area contributed by atoms with E-state index in [2.05, 4.69) is 5.32 Å². The van der Waals surface area contributed by atoms with E-state index in [1.54, 1.807) is 24.3 Å². The van der Waals surface area contributed by atoms with Gasteiger partial charge in [-0.2, -0.15) is 0 Å². The number of hydrogen-bond donors (Lipinski definition) is 3. The fraction of sp³-hybridized carbons (Fsp3) is 0.278. The highest BCUT2D eigenvalue weighted by atomic mass is 19.1. The molecule has 0 saturated carbocycles. The molecule has 26 heavy (non-hydrogen) atoms. The number of carbonyl (C=O) groups excluding carboxylic acids is 1. The summed E-state index contributed by atoms with van der Waals surface area (Å²) in [5, 5.41) is 22.1. The Morgan fingerprint density at radius 3 is 2.35 bits per heavy atom. The molecule has 2 unspecified atom stereocenters. The SMILES string of the molecule is COc1cc(F)c(C(O)C(O)CNC(=O)OCc2ccccc2)c(F)c1. The molecule has 6 nitrogen and oxygen atoms in total. The van der Waals surface area contributed by atoms with Gasteiger partial charge in [0.1, 0.15) is 36.2 Å². The Morgan fingerprint density at radius 2 is 1.77 bits per heavy atom. The van der Waals surface area contributed by atoms with Crippen LogP contribution in [0, 0.1) is 11.6 Å². The molecule has 1 amide bonds. The number of amides is 1. The molecule has 0 aliphatic rings. The second-order valence-electron chi connectivity index (χ2n) is 5.46. The molecule has 2 aromatic carbocycles. The third-order valence-corrected chi connectivity index (χ3v) is 3.62. The molecule has 0 heterocycles. The van der Waals surface area contributed by atoms with E-state index in [0.717, 1.165) is 17.7 Å². The van der Waals surface area contributed by atoms with Gasteiger partial charge in [-0.3, -0.25) is 0 Å². The van der Waals surface area contributed by atoms with Crippen molar-refractivity contribution in [2.45, 2.75) is 18.8 Å². The molecule has 0 saturated heterocycles. The average Bonchev–Trinajstić information content (AvgIpc) is 2.64. The first kappa shape index (κ1) is 19.6. The number of ether oxygens (including phenoxy) is 2. The maximum atomic E-state index is 13.9. The molecule has 0 spiro atoms. The van der Waals surface area contributed by atoms with Crippen LogP contribution in [0.4, 0.5) is 13.6 Å². The van der Waals surface area contributed by atoms with E-state index in [0.29, 0.717) is 0 Å². The normalized spacial score (nSPS) is 13.0. The molecule has 3 N–H and O–H groups in total. The maximum Gasteiger partial charge on any atom is 0.407 e. The van der Waals surface area contributed by atoms with Gasteiger partial charge in [0.15, 0.2) is 0 Å². The predicted molar refractivity (Wildman–Crippen MR) is 88.5 cm³/mol. The van der Waals surface area contributed by atoms with Gasteiger partial charge in [0.25, 0.3) is 0 Å². The molecule has 0 fully saturated rings. The summed E-state index contributed by atoms with van der Waals surface area (Å²) in [6.07, 6.45) is -4.36. The highest BCUT2D eigenvalue weighted by Gasteiger charge is 2.26. The van der Waals surface area contributed by atoms with Crippen LogP contribution in [0.3, 0.4) is 0 Å². The van der Waals surface area contributed by atoms with E-state index >= 15 is 0 Å². The van der Waals surface area contributed by atoms with Crippen molar-refractivity contribution >= 4 is 6.09 Å². The van der Waals surface area contributed by atoms with E-state index in [-0.39, 0.29) is 12.4 Å². The van der Waals surface area contributed by atoms with Gasteiger partial charge in [-0.1, -0.05) is 30.3 Å². The summed E-state index contributed by atoms with van der Waals surface area (Å²) in [4.78, 5) is 11.6. The number of alkyl carbamates (subject to hydrolysis) is 1. The Morgan fingerprint density at radius 1 is 1.15 bits per heavy atom. The van der Waals surface area contributed by atoms with Gasteiger partial charge in [0.05, 0.1) is 12.7 Å². The fourth-order valence-electron chi connectivity index (χ4n) is 2.23. The lowest BCUT2D eigenvalue weighted by atomic mass is 10.0. The monoisotopic (exact) mass is 367 g/mol. The van der Waals surface area contributed by atoms with E-state index in [4.69, 9.17) is 9.47 Å². The van der Waals surface area contributed by atoms with Crippen molar-refractivity contribution in [3.63, 3.8) is 0 Å². The molecular weight excluding hydrogens is 348 g/mol. The summed E-state index contributed by atoms with van der Waals surface area (Å²) in [7, 11) is 1.24. The molecule has 0 radical (unpaired) electrons. The Kier molecular flexibility index (Phi) is 6.88. The van der Waals surface area contributed by atoms with Crippen LogP contribution in [0.25, 0.3) is 0 Å². The van der Waals surface area contributed by atoms with E-state index in [1.807, 2.05) is 6.07 Å². The van der Waals surface area contributed by atoms with Crippen LogP contribution < -0.4 is 10.1 Å². The van der Waals surface area contributed by atoms with E-state index in [9.17, 15) is 23.8 Å². The van der Waals surface area contributed by atoms with Crippen LogP contribution in [-0.4, -0.2) is 36.1 Å². The van der Waals surface area contributed by atoms with E-state index < -0.39 is 42.0 Å². The first-order chi connectivity index (χ1) is 12.4. The van der Waals surface area contributed by atoms with Crippen molar-refractivity contribution in [1.82, 2.24) is 5.32 Å². The van der Waals surface area contributed by atoms with Crippen molar-refractivity contribution in [3.05, 3.63) is 65.2 Å². The molecule has 0 aromatic heterocycles. The molecule has 0 bridgehead atoms. The lowest BCUT2D eigenvalue weighted by Crippen LogP contribution is -2.36. The van der Waals surface area contributed by atoms with Crippen molar-refractivity contribution < 1.29 is 33.3 Å². The maximum absolute atomic E-state index is 13.9. The smallest absolute Gasteiger partial charge is 0.407 e. The second kappa shape index (κ2) is 9.12. The topological polar surface area (TPSA) is 88.0 Å². The zero-order valence-electron chi connectivity index (χ0n) is 14.0. The van der Waals surface area contributed by atoms with Crippen LogP contribution >= 0.6 is 0 Å². The van der Waals surface area contributed by atoms with Crippen LogP contribution in [0.2, 0.25) is 0 Å². The van der Waals surface area contributed by atoms with E-state index in [1.165, 1.54) is 7.11 Å². The number of halogens is 2. The first-order valence-corrected chi connectivity index (χ1v) is 7.76. The van der Waals surface area contributed by atoms with Crippen molar-refractivity contribution in [2.24, 2.45) is 0 Å². The van der Waals surface area contributed by atoms with Gasteiger partial charge in [0.2, 0.25) is 0 Å². The predicted octanol–water partition coefficient (Wildman–Crippen LogP) is 2.29. The third kappa shape index (κ3) is 5.14. The van der Waals surface area contributed by atoms with Crippen molar-refractivity contribution in [2.75, 3.05) is 13.7 Å². The van der Waals surface area contributed by atoms with Gasteiger partial charge >= 0.3 is 6.09 Å². The molecule has 0 aliphatic heterocycles. The minimum atomic E-state index is -1.88. The highest BCUT2D eigenvalue weighted by molar-refractivity contribution is 5.67. The molecule has 2 rings (SSSR count). The number of rotatable bonds is 7. The van der Waals surface area contributed by atoms with Crippen LogP contribution in [-0.2, 0) is 11.3 Å². The van der Waals surface area contributed by atoms with Gasteiger partial charge in [-0.25, -0.2) is 13.6 Å². The number of aliphatic hydroxyl groups is 2. The Hall–Kier alpha value is -2.71. The Balaban J connectivity index is 1.89. The Bertz CT molecular complexity index is 719. The van der Waals surface area contributed by atoms with Crippen molar-refractivity contribution in [1.29, 1.82) is 0 Å². The number of nitrogens with one attached hydrogen (secondary N) is 1. The summed E-state index contributed by atoms with van der Waals surface area (Å²) in [5.41, 5.74) is 0.0587. The van der Waals surface area contributed by atoms with Gasteiger partial charge in [-0.05, 0) is 5.56 Å². The van der Waals surface area contributed by atoms with Crippen LogP contribution in [0.15, 0.2) is 42.5 Å². The number of benzene rings is 2. The van der Waals surface area contributed by atoms with Gasteiger partial charge in [0, 0.05) is 18.7 Å². The largest absolute Gasteiger partial charge is 0.497 e. The molecule has 140 valence electrons. The van der Waals surface area contributed by atoms with Crippen LogP contribution in [0.1, 0.15) is 17.2 Å². The molecular formula is C18H19F2NO5. The molecule has 0 aliphatic carbocycles. The molecule has 2 atom stereocenters. The van der Waals surface area contributed by atoms with Gasteiger partial charge in [-0.15, -0.1) is 0 Å².